The van der Waals surface area contributed by atoms with Crippen LogP contribution in [0.25, 0.3) is 11.1 Å². The van der Waals surface area contributed by atoms with E-state index in [0.29, 0.717) is 47.5 Å². The summed E-state index contributed by atoms with van der Waals surface area (Å²) in [7, 11) is 1.45. The third-order valence-corrected chi connectivity index (χ3v) is 7.47. The standard InChI is InChI=1S/C30H34F2N4O4/c1-19-9-11-24(26(27(19)32)20-6-3-8-23(31)16-20)30(39,13-5-15-40-29(38)34-2)22-7-4-14-36(18-22)28(37)21-10-12-25(33)35-17-21/h3,6,8-12,16-17,22,39H,4-5,7,13-15,18H2,1-2H3,(H2,33,35)(H,34,38). The number of hydrogen-bond donors (Lipinski definition) is 3. The number of nitrogens with zero attached hydrogens (tertiary/aromatic N) is 2. The highest BCUT2D eigenvalue weighted by atomic mass is 19.1. The number of carbonyl (C=O) groups excluding carboxylic acids is 2. The van der Waals surface area contributed by atoms with Crippen molar-refractivity contribution in [1.82, 2.24) is 15.2 Å². The Balaban J connectivity index is 1.74. The lowest BCUT2D eigenvalue weighted by molar-refractivity contribution is -0.0590. The Morgan fingerprint density at radius 2 is 2.02 bits per heavy atom. The molecule has 3 aromatic rings. The van der Waals surface area contributed by atoms with Gasteiger partial charge in [0.25, 0.3) is 5.91 Å². The zero-order valence-corrected chi connectivity index (χ0v) is 22.6. The molecule has 2 heterocycles. The SMILES string of the molecule is CNC(=O)OCCCC(O)(c1ccc(C)c(F)c1-c1cccc(F)c1)C1CCCN(C(=O)c2ccc(N)nc2)C1. The number of benzene rings is 2. The average Bonchev–Trinajstić information content (AvgIpc) is 2.96. The molecule has 40 heavy (non-hydrogen) atoms. The first-order chi connectivity index (χ1) is 19.1. The number of nitrogens with one attached hydrogen (secondary N) is 1. The molecule has 2 aromatic carbocycles. The van der Waals surface area contributed by atoms with Gasteiger partial charge in [-0.2, -0.15) is 0 Å². The Kier molecular flexibility index (Phi) is 8.99. The summed E-state index contributed by atoms with van der Waals surface area (Å²) in [5.74, 6) is -1.52. The maximum Gasteiger partial charge on any atom is 0.406 e. The van der Waals surface area contributed by atoms with Crippen LogP contribution in [0, 0.1) is 24.5 Å². The quantitative estimate of drug-likeness (QED) is 0.346. The molecule has 4 rings (SSSR count). The number of nitrogen functional groups attached to an aromatic ring is 1. The van der Waals surface area contributed by atoms with Gasteiger partial charge in [0.15, 0.2) is 0 Å². The third kappa shape index (κ3) is 6.22. The van der Waals surface area contributed by atoms with E-state index in [4.69, 9.17) is 10.5 Å². The Bertz CT molecular complexity index is 1370. The number of pyridine rings is 1. The van der Waals surface area contributed by atoms with Gasteiger partial charge in [-0.15, -0.1) is 0 Å². The van der Waals surface area contributed by atoms with E-state index in [-0.39, 0.29) is 37.5 Å². The van der Waals surface area contributed by atoms with Gasteiger partial charge in [-0.25, -0.2) is 18.6 Å². The fourth-order valence-corrected chi connectivity index (χ4v) is 5.37. The molecule has 1 fully saturated rings. The van der Waals surface area contributed by atoms with Gasteiger partial charge in [-0.05, 0) is 73.6 Å². The summed E-state index contributed by atoms with van der Waals surface area (Å²) in [6.07, 6.45) is 2.38. The molecule has 2 unspecified atom stereocenters. The van der Waals surface area contributed by atoms with Crippen molar-refractivity contribution in [3.05, 3.63) is 83.1 Å². The van der Waals surface area contributed by atoms with Crippen LogP contribution < -0.4 is 11.1 Å². The number of likely N-dealkylation sites (tertiary alicyclic amines) is 1. The number of carbonyl (C=O) groups is 2. The van der Waals surface area contributed by atoms with Crippen molar-refractivity contribution in [2.45, 2.75) is 38.2 Å². The molecular formula is C30H34F2N4O4. The molecule has 2 amide bonds. The largest absolute Gasteiger partial charge is 0.450 e. The molecule has 0 aliphatic carbocycles. The molecule has 1 saturated heterocycles. The number of aryl methyl sites for hydroxylation is 1. The number of aromatic nitrogens is 1. The molecular weight excluding hydrogens is 518 g/mol. The van der Waals surface area contributed by atoms with Gasteiger partial charge in [-0.3, -0.25) is 4.79 Å². The van der Waals surface area contributed by atoms with E-state index in [1.165, 1.54) is 31.4 Å². The van der Waals surface area contributed by atoms with Crippen molar-refractivity contribution in [3.8, 4) is 11.1 Å². The van der Waals surface area contributed by atoms with Crippen LogP contribution in [0.4, 0.5) is 19.4 Å². The van der Waals surface area contributed by atoms with E-state index in [1.54, 1.807) is 42.2 Å². The highest BCUT2D eigenvalue weighted by Crippen LogP contribution is 2.45. The highest BCUT2D eigenvalue weighted by molar-refractivity contribution is 5.94. The summed E-state index contributed by atoms with van der Waals surface area (Å²) in [4.78, 5) is 30.6. The van der Waals surface area contributed by atoms with Crippen molar-refractivity contribution in [2.24, 2.45) is 5.92 Å². The van der Waals surface area contributed by atoms with E-state index >= 15 is 4.39 Å². The maximum absolute atomic E-state index is 15.8. The van der Waals surface area contributed by atoms with E-state index in [0.717, 1.165) is 0 Å². The number of nitrogens with two attached hydrogens (primary N) is 1. The monoisotopic (exact) mass is 552 g/mol. The number of piperidine rings is 1. The molecule has 4 N–H and O–H groups in total. The molecule has 0 saturated carbocycles. The van der Waals surface area contributed by atoms with Crippen molar-refractivity contribution in [3.63, 3.8) is 0 Å². The molecule has 212 valence electrons. The van der Waals surface area contributed by atoms with Crippen LogP contribution in [0.15, 0.2) is 54.7 Å². The van der Waals surface area contributed by atoms with Crippen molar-refractivity contribution >= 4 is 17.8 Å². The minimum Gasteiger partial charge on any atom is -0.450 e. The predicted molar refractivity (Wildman–Crippen MR) is 147 cm³/mol. The normalized spacial score (nSPS) is 16.7. The zero-order valence-electron chi connectivity index (χ0n) is 22.6. The summed E-state index contributed by atoms with van der Waals surface area (Å²) in [6.45, 7) is 2.32. The Morgan fingerprint density at radius 1 is 1.23 bits per heavy atom. The van der Waals surface area contributed by atoms with Gasteiger partial charge in [0, 0.05) is 37.8 Å². The van der Waals surface area contributed by atoms with Crippen LogP contribution in [0.3, 0.4) is 0 Å². The third-order valence-electron chi connectivity index (χ3n) is 7.47. The van der Waals surface area contributed by atoms with Crippen LogP contribution in [0.1, 0.15) is 47.2 Å². The second-order valence-electron chi connectivity index (χ2n) is 10.1. The van der Waals surface area contributed by atoms with Crippen molar-refractivity contribution < 1.29 is 28.2 Å². The number of alkyl carbamates (subject to hydrolysis) is 1. The van der Waals surface area contributed by atoms with Gasteiger partial charge in [0.1, 0.15) is 17.5 Å². The van der Waals surface area contributed by atoms with Crippen LogP contribution in [0.5, 0.6) is 0 Å². The maximum atomic E-state index is 15.8. The topological polar surface area (TPSA) is 118 Å². The lowest BCUT2D eigenvalue weighted by atomic mass is 9.71. The summed E-state index contributed by atoms with van der Waals surface area (Å²) in [5, 5.41) is 14.9. The van der Waals surface area contributed by atoms with Crippen LogP contribution >= 0.6 is 0 Å². The minimum absolute atomic E-state index is 0.0259. The summed E-state index contributed by atoms with van der Waals surface area (Å²) in [6, 6.07) is 12.0. The summed E-state index contributed by atoms with van der Waals surface area (Å²) in [5.41, 5.74) is 5.48. The average molecular weight is 553 g/mol. The molecule has 1 aliphatic rings. The van der Waals surface area contributed by atoms with Crippen molar-refractivity contribution in [2.75, 3.05) is 32.5 Å². The lowest BCUT2D eigenvalue weighted by Crippen LogP contribution is -2.48. The molecule has 10 heteroatoms. The zero-order chi connectivity index (χ0) is 28.9. The van der Waals surface area contributed by atoms with E-state index < -0.39 is 29.2 Å². The first kappa shape index (κ1) is 28.9. The number of rotatable bonds is 8. The molecule has 1 aliphatic heterocycles. The number of aliphatic hydroxyl groups is 1. The van der Waals surface area contributed by atoms with Crippen LogP contribution in [0.2, 0.25) is 0 Å². The number of ether oxygens (including phenoxy) is 1. The van der Waals surface area contributed by atoms with Crippen LogP contribution in [-0.4, -0.2) is 53.7 Å². The smallest absolute Gasteiger partial charge is 0.406 e. The number of hydrogen-bond acceptors (Lipinski definition) is 6. The first-order valence-corrected chi connectivity index (χ1v) is 13.3. The molecule has 2 atom stereocenters. The lowest BCUT2D eigenvalue weighted by Gasteiger charge is -2.43. The van der Waals surface area contributed by atoms with E-state index in [1.807, 2.05) is 0 Å². The van der Waals surface area contributed by atoms with Gasteiger partial charge in [0.2, 0.25) is 0 Å². The van der Waals surface area contributed by atoms with E-state index in [9.17, 15) is 19.1 Å². The first-order valence-electron chi connectivity index (χ1n) is 13.3. The Labute approximate surface area is 232 Å². The van der Waals surface area contributed by atoms with Gasteiger partial charge in [0.05, 0.1) is 17.8 Å². The van der Waals surface area contributed by atoms with E-state index in [2.05, 4.69) is 10.3 Å². The molecule has 8 nitrogen and oxygen atoms in total. The number of halogens is 2. The molecule has 0 radical (unpaired) electrons. The molecule has 0 spiro atoms. The fourth-order valence-electron chi connectivity index (χ4n) is 5.37. The second kappa shape index (κ2) is 12.4. The second-order valence-corrected chi connectivity index (χ2v) is 10.1. The molecule has 0 bridgehead atoms. The number of anilines is 1. The van der Waals surface area contributed by atoms with Gasteiger partial charge < -0.3 is 25.8 Å². The van der Waals surface area contributed by atoms with Crippen molar-refractivity contribution in [1.29, 1.82) is 0 Å². The summed E-state index contributed by atoms with van der Waals surface area (Å²) < 4.78 is 35.2. The Hall–Kier alpha value is -4.05. The van der Waals surface area contributed by atoms with Gasteiger partial charge in [-0.1, -0.05) is 24.3 Å². The summed E-state index contributed by atoms with van der Waals surface area (Å²) >= 11 is 0. The van der Waals surface area contributed by atoms with Gasteiger partial charge >= 0.3 is 6.09 Å². The minimum atomic E-state index is -1.62. The molecule has 1 aromatic heterocycles. The highest BCUT2D eigenvalue weighted by Gasteiger charge is 2.43. The van der Waals surface area contributed by atoms with Crippen LogP contribution in [-0.2, 0) is 10.3 Å². The fraction of sp³-hybridized carbons (Fsp3) is 0.367. The predicted octanol–water partition coefficient (Wildman–Crippen LogP) is 4.79. The number of amides is 2. The Morgan fingerprint density at radius 3 is 2.73 bits per heavy atom.